The molecule has 0 fully saturated rings. The van der Waals surface area contributed by atoms with Crippen molar-refractivity contribution < 1.29 is 14.3 Å². The van der Waals surface area contributed by atoms with Gasteiger partial charge in [-0.2, -0.15) is 0 Å². The molecule has 5 heteroatoms. The Morgan fingerprint density at radius 3 is 2.95 bits per heavy atom. The molecule has 0 bridgehead atoms. The molecule has 22 heavy (non-hydrogen) atoms. The third-order valence-corrected chi connectivity index (χ3v) is 4.42. The summed E-state index contributed by atoms with van der Waals surface area (Å²) in [5.41, 5.74) is 3.10. The molecule has 1 N–H and O–H groups in total. The lowest BCUT2D eigenvalue weighted by Crippen LogP contribution is -2.25. The van der Waals surface area contributed by atoms with E-state index in [0.29, 0.717) is 19.5 Å². The van der Waals surface area contributed by atoms with Crippen LogP contribution in [0.25, 0.3) is 10.9 Å². The quantitative estimate of drug-likeness (QED) is 0.683. The van der Waals surface area contributed by atoms with E-state index in [1.54, 1.807) is 4.90 Å². The number of carbonyl (C=O) groups excluding carboxylic acids is 2. The zero-order valence-electron chi connectivity index (χ0n) is 12.7. The summed E-state index contributed by atoms with van der Waals surface area (Å²) in [5, 5.41) is 1.12. The minimum absolute atomic E-state index is 0.215. The van der Waals surface area contributed by atoms with Gasteiger partial charge in [0.05, 0.1) is 13.0 Å². The molecule has 1 aromatic carbocycles. The highest BCUT2D eigenvalue weighted by atomic mass is 16.5. The van der Waals surface area contributed by atoms with Crippen LogP contribution in [-0.4, -0.2) is 42.5 Å². The van der Waals surface area contributed by atoms with E-state index < -0.39 is 0 Å². The van der Waals surface area contributed by atoms with Crippen molar-refractivity contribution in [3.8, 4) is 0 Å². The second-order valence-corrected chi connectivity index (χ2v) is 5.67. The first-order chi connectivity index (χ1) is 10.7. The first-order valence-corrected chi connectivity index (χ1v) is 7.61. The Kier molecular flexibility index (Phi) is 4.13. The lowest BCUT2D eigenvalue weighted by molar-refractivity contribution is -0.142. The van der Waals surface area contributed by atoms with Crippen LogP contribution < -0.4 is 0 Å². The van der Waals surface area contributed by atoms with Crippen LogP contribution in [0.5, 0.6) is 0 Å². The monoisotopic (exact) mass is 300 g/mol. The number of hydrogen-bond acceptors (Lipinski definition) is 3. The zero-order valence-corrected chi connectivity index (χ0v) is 12.7. The van der Waals surface area contributed by atoms with Gasteiger partial charge in [0, 0.05) is 29.7 Å². The number of amides is 1. The highest BCUT2D eigenvalue weighted by Gasteiger charge is 2.28. The van der Waals surface area contributed by atoms with E-state index in [-0.39, 0.29) is 11.9 Å². The SMILES string of the molecule is COC(=O)C1CCCN(C=O)CCc2c1[nH]c1ccccc21. The van der Waals surface area contributed by atoms with Gasteiger partial charge in [-0.3, -0.25) is 9.59 Å². The number of hydrogen-bond donors (Lipinski definition) is 1. The number of methoxy groups -OCH3 is 1. The average molecular weight is 300 g/mol. The fourth-order valence-electron chi connectivity index (χ4n) is 3.28. The van der Waals surface area contributed by atoms with Gasteiger partial charge in [0.25, 0.3) is 0 Å². The number of carbonyl (C=O) groups is 2. The Labute approximate surface area is 129 Å². The molecule has 0 saturated carbocycles. The summed E-state index contributed by atoms with van der Waals surface area (Å²) >= 11 is 0. The van der Waals surface area contributed by atoms with Crippen molar-refractivity contribution >= 4 is 23.3 Å². The standard InChI is InChI=1S/C17H20N2O3/c1-22-17(21)14-6-4-9-19(11-20)10-8-13-12-5-2-3-7-15(12)18-16(13)14/h2-3,5,7,11,14,18H,4,6,8-10H2,1H3. The molecular weight excluding hydrogens is 280 g/mol. The smallest absolute Gasteiger partial charge is 0.314 e. The van der Waals surface area contributed by atoms with E-state index in [9.17, 15) is 9.59 Å². The van der Waals surface area contributed by atoms with Crippen LogP contribution in [0.1, 0.15) is 30.0 Å². The molecule has 0 radical (unpaired) electrons. The molecule has 0 aliphatic carbocycles. The third kappa shape index (κ3) is 2.58. The summed E-state index contributed by atoms with van der Waals surface area (Å²) in [6.07, 6.45) is 3.10. The maximum Gasteiger partial charge on any atom is 0.314 e. The van der Waals surface area contributed by atoms with Gasteiger partial charge in [0.15, 0.2) is 0 Å². The predicted octanol–water partition coefficient (Wildman–Crippen LogP) is 2.22. The number of rotatable bonds is 2. The minimum atomic E-state index is -0.293. The molecule has 1 aliphatic heterocycles. The number of nitrogens with zero attached hydrogens (tertiary/aromatic N) is 1. The van der Waals surface area contributed by atoms with Crippen LogP contribution >= 0.6 is 0 Å². The number of benzene rings is 1. The van der Waals surface area contributed by atoms with E-state index in [1.807, 2.05) is 18.2 Å². The Bertz CT molecular complexity index is 692. The van der Waals surface area contributed by atoms with Gasteiger partial charge in [-0.15, -0.1) is 0 Å². The van der Waals surface area contributed by atoms with Crippen molar-refractivity contribution in [3.63, 3.8) is 0 Å². The number of esters is 1. The normalized spacial score (nSPS) is 19.0. The highest BCUT2D eigenvalue weighted by Crippen LogP contribution is 2.32. The number of fused-ring (bicyclic) bond motifs is 3. The van der Waals surface area contributed by atoms with Crippen molar-refractivity contribution in [3.05, 3.63) is 35.5 Å². The Morgan fingerprint density at radius 1 is 1.36 bits per heavy atom. The summed E-state index contributed by atoms with van der Waals surface area (Å²) in [5.74, 6) is -0.508. The number of ether oxygens (including phenoxy) is 1. The topological polar surface area (TPSA) is 62.4 Å². The average Bonchev–Trinajstić information content (AvgIpc) is 2.94. The largest absolute Gasteiger partial charge is 0.469 e. The van der Waals surface area contributed by atoms with Gasteiger partial charge >= 0.3 is 5.97 Å². The highest BCUT2D eigenvalue weighted by molar-refractivity contribution is 5.88. The Morgan fingerprint density at radius 2 is 2.18 bits per heavy atom. The van der Waals surface area contributed by atoms with E-state index >= 15 is 0 Å². The Balaban J connectivity index is 2.10. The van der Waals surface area contributed by atoms with Crippen molar-refractivity contribution in [1.29, 1.82) is 0 Å². The maximum atomic E-state index is 12.2. The maximum absolute atomic E-state index is 12.2. The molecule has 2 aromatic rings. The summed E-state index contributed by atoms with van der Waals surface area (Å²) in [4.78, 5) is 28.5. The van der Waals surface area contributed by atoms with Crippen molar-refractivity contribution in [2.45, 2.75) is 25.2 Å². The molecule has 5 nitrogen and oxygen atoms in total. The lowest BCUT2D eigenvalue weighted by atomic mass is 9.95. The zero-order chi connectivity index (χ0) is 15.5. The van der Waals surface area contributed by atoms with Gasteiger partial charge in [-0.1, -0.05) is 18.2 Å². The first kappa shape index (κ1) is 14.6. The second kappa shape index (κ2) is 6.22. The first-order valence-electron chi connectivity index (χ1n) is 7.61. The molecule has 1 amide bonds. The van der Waals surface area contributed by atoms with Gasteiger partial charge in [0.1, 0.15) is 0 Å². The van der Waals surface area contributed by atoms with Crippen LogP contribution in [0.3, 0.4) is 0 Å². The summed E-state index contributed by atoms with van der Waals surface area (Å²) < 4.78 is 4.99. The molecule has 0 saturated heterocycles. The van der Waals surface area contributed by atoms with Crippen molar-refractivity contribution in [2.24, 2.45) is 0 Å². The van der Waals surface area contributed by atoms with Gasteiger partial charge in [0.2, 0.25) is 6.41 Å². The molecular formula is C17H20N2O3. The number of nitrogens with one attached hydrogen (secondary N) is 1. The number of aromatic nitrogens is 1. The molecule has 116 valence electrons. The molecule has 1 unspecified atom stereocenters. The summed E-state index contributed by atoms with van der Waals surface area (Å²) in [7, 11) is 1.43. The van der Waals surface area contributed by atoms with Gasteiger partial charge < -0.3 is 14.6 Å². The number of H-pyrrole nitrogens is 1. The van der Waals surface area contributed by atoms with Gasteiger partial charge in [-0.05, 0) is 30.9 Å². The van der Waals surface area contributed by atoms with E-state index in [1.165, 1.54) is 7.11 Å². The molecule has 0 spiro atoms. The fraction of sp³-hybridized carbons (Fsp3) is 0.412. The van der Waals surface area contributed by atoms with E-state index in [0.717, 1.165) is 41.4 Å². The third-order valence-electron chi connectivity index (χ3n) is 4.42. The van der Waals surface area contributed by atoms with Crippen LogP contribution in [-0.2, 0) is 20.7 Å². The predicted molar refractivity (Wildman–Crippen MR) is 83.6 cm³/mol. The van der Waals surface area contributed by atoms with Crippen molar-refractivity contribution in [1.82, 2.24) is 9.88 Å². The molecule has 1 aliphatic rings. The second-order valence-electron chi connectivity index (χ2n) is 5.67. The van der Waals surface area contributed by atoms with Crippen molar-refractivity contribution in [2.75, 3.05) is 20.2 Å². The number of aromatic amines is 1. The minimum Gasteiger partial charge on any atom is -0.469 e. The Hall–Kier alpha value is -2.30. The van der Waals surface area contributed by atoms with Crippen LogP contribution in [0.4, 0.5) is 0 Å². The van der Waals surface area contributed by atoms with Crippen LogP contribution in [0.15, 0.2) is 24.3 Å². The van der Waals surface area contributed by atoms with Crippen LogP contribution in [0.2, 0.25) is 0 Å². The van der Waals surface area contributed by atoms with E-state index in [2.05, 4.69) is 11.1 Å². The fourth-order valence-corrected chi connectivity index (χ4v) is 3.28. The molecule has 2 heterocycles. The molecule has 1 atom stereocenters. The summed E-state index contributed by atoms with van der Waals surface area (Å²) in [6, 6.07) is 8.04. The molecule has 1 aromatic heterocycles. The van der Waals surface area contributed by atoms with E-state index in [4.69, 9.17) is 4.74 Å². The molecule has 3 rings (SSSR count). The number of para-hydroxylation sites is 1. The lowest BCUT2D eigenvalue weighted by Gasteiger charge is -2.16. The summed E-state index contributed by atoms with van der Waals surface area (Å²) in [6.45, 7) is 1.35. The van der Waals surface area contributed by atoms with Gasteiger partial charge in [-0.25, -0.2) is 0 Å². The van der Waals surface area contributed by atoms with Crippen LogP contribution in [0, 0.1) is 0 Å².